The van der Waals surface area contributed by atoms with Crippen molar-refractivity contribution >= 4 is 33.1 Å². The first-order chi connectivity index (χ1) is 18.1. The highest BCUT2D eigenvalue weighted by Crippen LogP contribution is 2.39. The maximum Gasteiger partial charge on any atom is 0.186 e. The molecule has 0 bridgehead atoms. The predicted molar refractivity (Wildman–Crippen MR) is 151 cm³/mol. The average Bonchev–Trinajstić information content (AvgIpc) is 2.97. The van der Waals surface area contributed by atoms with E-state index in [-0.39, 0.29) is 11.6 Å². The summed E-state index contributed by atoms with van der Waals surface area (Å²) >= 11 is 1.39. The van der Waals surface area contributed by atoms with Gasteiger partial charge < -0.3 is 9.47 Å². The Morgan fingerprint density at radius 1 is 0.514 bits per heavy atom. The molecule has 0 spiro atoms. The van der Waals surface area contributed by atoms with E-state index in [0.29, 0.717) is 22.6 Å². The standard InChI is InChI=1S/C32H26O4S/c1-35-27-17-13-23(14-18-27)29(33)21-31(25-9-5-3-6-10-25)37-32(26-11-7-4-8-12-26)22-30(34)24-15-19-28(36-2)20-16-24/h3-22H,1-2H3/b31-21-,32-22+. The maximum absolute atomic E-state index is 13.2. The Bertz CT molecular complexity index is 1290. The quantitative estimate of drug-likeness (QED) is 0.164. The molecule has 0 amide bonds. The number of hydrogen-bond acceptors (Lipinski definition) is 5. The molecule has 5 heteroatoms. The van der Waals surface area contributed by atoms with Gasteiger partial charge in [-0.15, -0.1) is 0 Å². The van der Waals surface area contributed by atoms with Gasteiger partial charge in [-0.3, -0.25) is 9.59 Å². The summed E-state index contributed by atoms with van der Waals surface area (Å²) in [4.78, 5) is 27.9. The lowest BCUT2D eigenvalue weighted by Gasteiger charge is -2.12. The molecule has 184 valence electrons. The number of methoxy groups -OCH3 is 2. The molecule has 0 atom stereocenters. The van der Waals surface area contributed by atoms with Crippen LogP contribution in [0.5, 0.6) is 11.5 Å². The lowest BCUT2D eigenvalue weighted by atomic mass is 10.1. The summed E-state index contributed by atoms with van der Waals surface area (Å²) in [6.07, 6.45) is 3.24. The number of rotatable bonds is 10. The van der Waals surface area contributed by atoms with Gasteiger partial charge in [-0.1, -0.05) is 72.4 Å². The number of hydrogen-bond donors (Lipinski definition) is 0. The fourth-order valence-electron chi connectivity index (χ4n) is 3.58. The van der Waals surface area contributed by atoms with Crippen molar-refractivity contribution in [2.45, 2.75) is 0 Å². The van der Waals surface area contributed by atoms with Gasteiger partial charge in [0.25, 0.3) is 0 Å². The summed E-state index contributed by atoms with van der Waals surface area (Å²) in [5.74, 6) is 1.10. The van der Waals surface area contributed by atoms with Crippen LogP contribution < -0.4 is 9.47 Å². The molecule has 0 unspecified atom stereocenters. The average molecular weight is 507 g/mol. The summed E-state index contributed by atoms with van der Waals surface area (Å²) in [6, 6.07) is 33.4. The first-order valence-electron chi connectivity index (χ1n) is 11.7. The molecule has 0 saturated heterocycles. The molecule has 0 aliphatic carbocycles. The SMILES string of the molecule is COc1ccc(C(=O)/C=C(\S/C(=C/C(=O)c2ccc(OC)cc2)c2ccccc2)c2ccccc2)cc1. The first-order valence-corrected chi connectivity index (χ1v) is 12.5. The molecule has 4 aromatic carbocycles. The number of ether oxygens (including phenoxy) is 2. The second-order valence-corrected chi connectivity index (χ2v) is 9.12. The molecule has 37 heavy (non-hydrogen) atoms. The number of allylic oxidation sites excluding steroid dienone is 2. The zero-order chi connectivity index (χ0) is 26.0. The smallest absolute Gasteiger partial charge is 0.186 e. The van der Waals surface area contributed by atoms with Gasteiger partial charge in [0.05, 0.1) is 14.2 Å². The molecule has 0 aliphatic heterocycles. The van der Waals surface area contributed by atoms with E-state index in [2.05, 4.69) is 0 Å². The van der Waals surface area contributed by atoms with Crippen LogP contribution in [0.4, 0.5) is 0 Å². The first kappa shape index (κ1) is 25.7. The molecule has 0 aromatic heterocycles. The summed E-state index contributed by atoms with van der Waals surface area (Å²) in [6.45, 7) is 0. The minimum Gasteiger partial charge on any atom is -0.497 e. The van der Waals surface area contributed by atoms with Gasteiger partial charge in [0.2, 0.25) is 0 Å². The van der Waals surface area contributed by atoms with Gasteiger partial charge in [0, 0.05) is 33.1 Å². The second kappa shape index (κ2) is 12.6. The van der Waals surface area contributed by atoms with Gasteiger partial charge in [0.15, 0.2) is 11.6 Å². The Balaban J connectivity index is 1.73. The molecule has 4 nitrogen and oxygen atoms in total. The fourth-order valence-corrected chi connectivity index (χ4v) is 4.66. The molecule has 4 rings (SSSR count). The molecule has 0 heterocycles. The summed E-state index contributed by atoms with van der Waals surface area (Å²) in [5, 5.41) is 0. The Kier molecular flexibility index (Phi) is 8.74. The van der Waals surface area contributed by atoms with E-state index in [1.807, 2.05) is 60.7 Å². The van der Waals surface area contributed by atoms with Crippen LogP contribution in [0.3, 0.4) is 0 Å². The van der Waals surface area contributed by atoms with Crippen LogP contribution in [-0.2, 0) is 0 Å². The molecule has 0 fully saturated rings. The summed E-state index contributed by atoms with van der Waals surface area (Å²) < 4.78 is 10.4. The van der Waals surface area contributed by atoms with Crippen molar-refractivity contribution in [2.24, 2.45) is 0 Å². The third-order valence-corrected chi connectivity index (χ3v) is 6.76. The summed E-state index contributed by atoms with van der Waals surface area (Å²) in [7, 11) is 3.18. The summed E-state index contributed by atoms with van der Waals surface area (Å²) in [5.41, 5.74) is 2.87. The Morgan fingerprint density at radius 2 is 0.865 bits per heavy atom. The van der Waals surface area contributed by atoms with Crippen molar-refractivity contribution in [3.05, 3.63) is 144 Å². The van der Waals surface area contributed by atoms with E-state index < -0.39 is 0 Å². The van der Waals surface area contributed by atoms with Crippen molar-refractivity contribution in [3.63, 3.8) is 0 Å². The highest BCUT2D eigenvalue weighted by Gasteiger charge is 2.14. The number of carbonyl (C=O) groups excluding carboxylic acids is 2. The van der Waals surface area contributed by atoms with E-state index >= 15 is 0 Å². The van der Waals surface area contributed by atoms with Crippen molar-refractivity contribution in [1.82, 2.24) is 0 Å². The van der Waals surface area contributed by atoms with Crippen LogP contribution in [0.2, 0.25) is 0 Å². The minimum atomic E-state index is -0.136. The van der Waals surface area contributed by atoms with Crippen LogP contribution in [0, 0.1) is 0 Å². The number of thioether (sulfide) groups is 1. The maximum atomic E-state index is 13.2. The van der Waals surface area contributed by atoms with Gasteiger partial charge in [-0.2, -0.15) is 0 Å². The number of carbonyl (C=O) groups is 2. The normalized spacial score (nSPS) is 11.6. The van der Waals surface area contributed by atoms with Gasteiger partial charge >= 0.3 is 0 Å². The lowest BCUT2D eigenvalue weighted by Crippen LogP contribution is -1.98. The Labute approximate surface area is 221 Å². The van der Waals surface area contributed by atoms with Crippen molar-refractivity contribution in [1.29, 1.82) is 0 Å². The van der Waals surface area contributed by atoms with E-state index in [1.165, 1.54) is 11.8 Å². The van der Waals surface area contributed by atoms with E-state index in [4.69, 9.17) is 9.47 Å². The van der Waals surface area contributed by atoms with Gasteiger partial charge in [-0.05, 0) is 59.7 Å². The van der Waals surface area contributed by atoms with E-state index in [0.717, 1.165) is 20.9 Å². The monoisotopic (exact) mass is 506 g/mol. The molecule has 4 aromatic rings. The zero-order valence-electron chi connectivity index (χ0n) is 20.6. The predicted octanol–water partition coefficient (Wildman–Crippen LogP) is 7.58. The third-order valence-electron chi connectivity index (χ3n) is 5.61. The second-order valence-electron chi connectivity index (χ2n) is 8.04. The van der Waals surface area contributed by atoms with Crippen LogP contribution in [-0.4, -0.2) is 25.8 Å². The third kappa shape index (κ3) is 6.87. The van der Waals surface area contributed by atoms with Gasteiger partial charge in [-0.25, -0.2) is 0 Å². The molecular formula is C32H26O4S. The van der Waals surface area contributed by atoms with Crippen LogP contribution in [0.25, 0.3) is 9.81 Å². The molecule has 0 radical (unpaired) electrons. The van der Waals surface area contributed by atoms with E-state index in [1.54, 1.807) is 74.9 Å². The van der Waals surface area contributed by atoms with Gasteiger partial charge in [0.1, 0.15) is 11.5 Å². The highest BCUT2D eigenvalue weighted by molar-refractivity contribution is 8.16. The number of ketones is 2. The van der Waals surface area contributed by atoms with E-state index in [9.17, 15) is 9.59 Å². The molecular weight excluding hydrogens is 480 g/mol. The molecule has 0 N–H and O–H groups in total. The van der Waals surface area contributed by atoms with Crippen LogP contribution in [0.1, 0.15) is 31.8 Å². The molecule has 0 aliphatic rings. The highest BCUT2D eigenvalue weighted by atomic mass is 32.2. The largest absolute Gasteiger partial charge is 0.497 e. The molecule has 0 saturated carbocycles. The van der Waals surface area contributed by atoms with Crippen molar-refractivity contribution in [3.8, 4) is 11.5 Å². The van der Waals surface area contributed by atoms with Crippen molar-refractivity contribution < 1.29 is 19.1 Å². The number of benzene rings is 4. The minimum absolute atomic E-state index is 0.136. The topological polar surface area (TPSA) is 52.6 Å². The lowest BCUT2D eigenvalue weighted by molar-refractivity contribution is 0.103. The zero-order valence-corrected chi connectivity index (χ0v) is 21.4. The Hall–Kier alpha value is -4.35. The van der Waals surface area contributed by atoms with Crippen LogP contribution in [0.15, 0.2) is 121 Å². The van der Waals surface area contributed by atoms with Crippen molar-refractivity contribution in [2.75, 3.05) is 14.2 Å². The van der Waals surface area contributed by atoms with Crippen LogP contribution >= 0.6 is 11.8 Å². The fraction of sp³-hybridized carbons (Fsp3) is 0.0625. The Morgan fingerprint density at radius 3 is 1.19 bits per heavy atom.